The third kappa shape index (κ3) is 3.23. The molecule has 0 aromatic heterocycles. The molecule has 1 saturated carbocycles. The molecule has 5 nitrogen and oxygen atoms in total. The van der Waals surface area contributed by atoms with Gasteiger partial charge in [0.15, 0.2) is 5.75 Å². The SMILES string of the molecule is COc1ccc(OCC2(CBr)CCCC2)cc1[N+](=O)[O-]. The van der Waals surface area contributed by atoms with Crippen molar-refractivity contribution >= 4 is 21.6 Å². The molecule has 0 spiro atoms. The van der Waals surface area contributed by atoms with Crippen LogP contribution in [0.4, 0.5) is 5.69 Å². The lowest BCUT2D eigenvalue weighted by Gasteiger charge is -2.26. The molecule has 1 aromatic rings. The van der Waals surface area contributed by atoms with Crippen LogP contribution in [0.3, 0.4) is 0 Å². The molecule has 0 saturated heterocycles. The van der Waals surface area contributed by atoms with E-state index in [4.69, 9.17) is 9.47 Å². The summed E-state index contributed by atoms with van der Waals surface area (Å²) >= 11 is 3.56. The second kappa shape index (κ2) is 6.43. The van der Waals surface area contributed by atoms with Crippen molar-refractivity contribution in [2.45, 2.75) is 25.7 Å². The summed E-state index contributed by atoms with van der Waals surface area (Å²) in [4.78, 5) is 10.5. The predicted octanol–water partition coefficient (Wildman–Crippen LogP) is 3.94. The highest BCUT2D eigenvalue weighted by Gasteiger charge is 2.33. The molecule has 1 fully saturated rings. The van der Waals surface area contributed by atoms with E-state index in [9.17, 15) is 10.1 Å². The lowest BCUT2D eigenvalue weighted by atomic mass is 9.90. The highest BCUT2D eigenvalue weighted by Crippen LogP contribution is 2.40. The first-order valence-electron chi connectivity index (χ1n) is 6.61. The molecule has 0 aliphatic heterocycles. The Kier molecular flexibility index (Phi) is 4.86. The van der Waals surface area contributed by atoms with Gasteiger partial charge >= 0.3 is 5.69 Å². The lowest BCUT2D eigenvalue weighted by molar-refractivity contribution is -0.385. The molecule has 0 atom stereocenters. The molecule has 0 N–H and O–H groups in total. The van der Waals surface area contributed by atoms with Gasteiger partial charge in [-0.1, -0.05) is 28.8 Å². The van der Waals surface area contributed by atoms with E-state index in [1.165, 1.54) is 26.0 Å². The van der Waals surface area contributed by atoms with Crippen LogP contribution in [-0.4, -0.2) is 24.0 Å². The number of benzene rings is 1. The van der Waals surface area contributed by atoms with Crippen molar-refractivity contribution in [3.05, 3.63) is 28.3 Å². The fraction of sp³-hybridized carbons (Fsp3) is 0.571. The van der Waals surface area contributed by atoms with E-state index in [0.29, 0.717) is 12.4 Å². The number of nitrogens with zero attached hydrogens (tertiary/aromatic N) is 1. The normalized spacial score (nSPS) is 16.9. The first kappa shape index (κ1) is 15.1. The van der Waals surface area contributed by atoms with E-state index < -0.39 is 4.92 Å². The molecule has 1 aromatic carbocycles. The zero-order chi connectivity index (χ0) is 14.6. The molecule has 6 heteroatoms. The number of hydrogen-bond acceptors (Lipinski definition) is 4. The van der Waals surface area contributed by atoms with Gasteiger partial charge in [0.25, 0.3) is 0 Å². The molecule has 0 heterocycles. The Morgan fingerprint density at radius 2 is 2.10 bits per heavy atom. The Bertz CT molecular complexity index is 486. The Morgan fingerprint density at radius 1 is 1.40 bits per heavy atom. The Hall–Kier alpha value is -1.30. The van der Waals surface area contributed by atoms with Crippen LogP contribution in [0.5, 0.6) is 11.5 Å². The smallest absolute Gasteiger partial charge is 0.314 e. The Balaban J connectivity index is 2.10. The van der Waals surface area contributed by atoms with Gasteiger partial charge in [-0.25, -0.2) is 0 Å². The summed E-state index contributed by atoms with van der Waals surface area (Å²) in [5, 5.41) is 11.9. The number of nitro benzene ring substituents is 1. The van der Waals surface area contributed by atoms with Crippen molar-refractivity contribution in [1.29, 1.82) is 0 Å². The zero-order valence-electron chi connectivity index (χ0n) is 11.4. The summed E-state index contributed by atoms with van der Waals surface area (Å²) in [7, 11) is 1.42. The van der Waals surface area contributed by atoms with Crippen LogP contribution in [0, 0.1) is 15.5 Å². The van der Waals surface area contributed by atoms with Crippen molar-refractivity contribution in [3.8, 4) is 11.5 Å². The van der Waals surface area contributed by atoms with Crippen LogP contribution in [0.15, 0.2) is 18.2 Å². The minimum absolute atomic E-state index is 0.0654. The van der Waals surface area contributed by atoms with Crippen molar-refractivity contribution < 1.29 is 14.4 Å². The van der Waals surface area contributed by atoms with Crippen LogP contribution < -0.4 is 9.47 Å². The van der Waals surface area contributed by atoms with Gasteiger partial charge in [-0.05, 0) is 25.0 Å². The highest BCUT2D eigenvalue weighted by atomic mass is 79.9. The van der Waals surface area contributed by atoms with E-state index in [1.807, 2.05) is 0 Å². The van der Waals surface area contributed by atoms with Gasteiger partial charge in [0.2, 0.25) is 0 Å². The fourth-order valence-electron chi connectivity index (χ4n) is 2.58. The maximum atomic E-state index is 11.0. The van der Waals surface area contributed by atoms with E-state index in [-0.39, 0.29) is 16.9 Å². The van der Waals surface area contributed by atoms with Crippen molar-refractivity contribution in [1.82, 2.24) is 0 Å². The lowest BCUT2D eigenvalue weighted by Crippen LogP contribution is -2.27. The number of hydrogen-bond donors (Lipinski definition) is 0. The fourth-order valence-corrected chi connectivity index (χ4v) is 3.30. The van der Waals surface area contributed by atoms with Crippen LogP contribution in [-0.2, 0) is 0 Å². The molecular weight excluding hydrogens is 326 g/mol. The number of halogens is 1. The minimum Gasteiger partial charge on any atom is -0.493 e. The average molecular weight is 344 g/mol. The van der Waals surface area contributed by atoms with Gasteiger partial charge < -0.3 is 9.47 Å². The van der Waals surface area contributed by atoms with Gasteiger partial charge in [0.05, 0.1) is 24.7 Å². The van der Waals surface area contributed by atoms with Crippen LogP contribution in [0.1, 0.15) is 25.7 Å². The monoisotopic (exact) mass is 343 g/mol. The van der Waals surface area contributed by atoms with Crippen molar-refractivity contribution in [2.75, 3.05) is 19.0 Å². The van der Waals surface area contributed by atoms with Gasteiger partial charge in [-0.2, -0.15) is 0 Å². The Morgan fingerprint density at radius 3 is 2.65 bits per heavy atom. The maximum Gasteiger partial charge on any atom is 0.314 e. The van der Waals surface area contributed by atoms with Crippen LogP contribution in [0.2, 0.25) is 0 Å². The summed E-state index contributed by atoms with van der Waals surface area (Å²) in [6.07, 6.45) is 4.71. The molecule has 20 heavy (non-hydrogen) atoms. The summed E-state index contributed by atoms with van der Waals surface area (Å²) < 4.78 is 10.8. The molecule has 1 aliphatic rings. The minimum atomic E-state index is -0.457. The molecule has 1 aliphatic carbocycles. The molecule has 0 unspecified atom stereocenters. The van der Waals surface area contributed by atoms with Gasteiger partial charge in [-0.15, -0.1) is 0 Å². The molecule has 110 valence electrons. The number of methoxy groups -OCH3 is 1. The van der Waals surface area contributed by atoms with Gasteiger partial charge in [0, 0.05) is 10.7 Å². The van der Waals surface area contributed by atoms with Crippen molar-refractivity contribution in [2.24, 2.45) is 5.41 Å². The standard InChI is InChI=1S/C14H18BrNO4/c1-19-13-5-4-11(8-12(13)16(17)18)20-10-14(9-15)6-2-3-7-14/h4-5,8H,2-3,6-7,9-10H2,1H3. The molecule has 0 amide bonds. The van der Waals surface area contributed by atoms with Crippen LogP contribution >= 0.6 is 15.9 Å². The number of nitro groups is 1. The van der Waals surface area contributed by atoms with E-state index >= 15 is 0 Å². The Labute approximate surface area is 126 Å². The van der Waals surface area contributed by atoms with Crippen LogP contribution in [0.25, 0.3) is 0 Å². The quantitative estimate of drug-likeness (QED) is 0.446. The first-order valence-corrected chi connectivity index (χ1v) is 7.73. The maximum absolute atomic E-state index is 11.0. The zero-order valence-corrected chi connectivity index (χ0v) is 13.0. The first-order chi connectivity index (χ1) is 9.60. The third-order valence-electron chi connectivity index (χ3n) is 3.84. The number of alkyl halides is 1. The molecule has 0 bridgehead atoms. The molecule has 0 radical (unpaired) electrons. The van der Waals surface area contributed by atoms with Gasteiger partial charge in [-0.3, -0.25) is 10.1 Å². The molecular formula is C14H18BrNO4. The highest BCUT2D eigenvalue weighted by molar-refractivity contribution is 9.09. The van der Waals surface area contributed by atoms with E-state index in [0.717, 1.165) is 18.2 Å². The largest absolute Gasteiger partial charge is 0.493 e. The van der Waals surface area contributed by atoms with E-state index in [2.05, 4.69) is 15.9 Å². The second-order valence-electron chi connectivity index (χ2n) is 5.22. The summed E-state index contributed by atoms with van der Waals surface area (Å²) in [6, 6.07) is 4.71. The average Bonchev–Trinajstić information content (AvgIpc) is 2.94. The number of ether oxygens (including phenoxy) is 2. The van der Waals surface area contributed by atoms with Gasteiger partial charge in [0.1, 0.15) is 5.75 Å². The molecule has 2 rings (SSSR count). The second-order valence-corrected chi connectivity index (χ2v) is 5.78. The topological polar surface area (TPSA) is 61.6 Å². The number of rotatable bonds is 6. The summed E-state index contributed by atoms with van der Waals surface area (Å²) in [5.41, 5.74) is 0.0960. The summed E-state index contributed by atoms with van der Waals surface area (Å²) in [5.74, 6) is 0.767. The summed E-state index contributed by atoms with van der Waals surface area (Å²) in [6.45, 7) is 0.585. The predicted molar refractivity (Wildman–Crippen MR) is 79.8 cm³/mol. The van der Waals surface area contributed by atoms with E-state index in [1.54, 1.807) is 12.1 Å². The van der Waals surface area contributed by atoms with Crippen molar-refractivity contribution in [3.63, 3.8) is 0 Å². The third-order valence-corrected chi connectivity index (χ3v) is 5.03.